The summed E-state index contributed by atoms with van der Waals surface area (Å²) < 4.78 is 2.05. The molecule has 200 valence electrons. The first-order chi connectivity index (χ1) is 20.6. The van der Waals surface area contributed by atoms with Crippen molar-refractivity contribution >= 4 is 16.5 Å². The zero-order valence-electron chi connectivity index (χ0n) is 22.3. The van der Waals surface area contributed by atoms with Gasteiger partial charge in [-0.3, -0.25) is 10.1 Å². The summed E-state index contributed by atoms with van der Waals surface area (Å²) >= 11 is 0. The molecule has 0 saturated heterocycles. The maximum atomic E-state index is 11.5. The van der Waals surface area contributed by atoms with Crippen LogP contribution in [0.2, 0.25) is 0 Å². The predicted molar refractivity (Wildman–Crippen MR) is 165 cm³/mol. The average Bonchev–Trinajstić information content (AvgIpc) is 3.49. The molecule has 0 amide bonds. The maximum Gasteiger partial charge on any atom is 0.277 e. The van der Waals surface area contributed by atoms with Gasteiger partial charge in [-0.05, 0) is 47.3 Å². The highest BCUT2D eigenvalue weighted by Gasteiger charge is 2.15. The molecule has 0 fully saturated rings. The third-order valence-corrected chi connectivity index (χ3v) is 7.18. The van der Waals surface area contributed by atoms with Gasteiger partial charge in [-0.25, -0.2) is 15.0 Å². The van der Waals surface area contributed by atoms with Crippen LogP contribution in [0.5, 0.6) is 0 Å². The van der Waals surface area contributed by atoms with Crippen LogP contribution in [0.25, 0.3) is 61.8 Å². The van der Waals surface area contributed by atoms with Gasteiger partial charge in [0, 0.05) is 46.2 Å². The predicted octanol–water partition coefficient (Wildman–Crippen LogP) is 8.39. The van der Waals surface area contributed by atoms with E-state index in [1.807, 2.05) is 115 Å². The van der Waals surface area contributed by atoms with Crippen LogP contribution in [0.1, 0.15) is 0 Å². The van der Waals surface area contributed by atoms with E-state index in [4.69, 9.17) is 15.0 Å². The monoisotopic (exact) mass is 545 g/mol. The van der Waals surface area contributed by atoms with Gasteiger partial charge in [-0.2, -0.15) is 0 Å². The summed E-state index contributed by atoms with van der Waals surface area (Å²) in [6.45, 7) is 0. The Morgan fingerprint density at radius 2 is 1.02 bits per heavy atom. The molecule has 42 heavy (non-hydrogen) atoms. The molecule has 2 aromatic heterocycles. The second kappa shape index (κ2) is 10.6. The van der Waals surface area contributed by atoms with E-state index in [1.165, 1.54) is 6.07 Å². The number of para-hydroxylation sites is 1. The highest BCUT2D eigenvalue weighted by molar-refractivity contribution is 5.89. The Labute approximate surface area is 241 Å². The second-order valence-electron chi connectivity index (χ2n) is 9.87. The molecular formula is C35H23N5O2. The van der Waals surface area contributed by atoms with E-state index in [0.717, 1.165) is 38.7 Å². The minimum absolute atomic E-state index is 0.0936. The maximum absolute atomic E-state index is 11.5. The fourth-order valence-electron chi connectivity index (χ4n) is 5.05. The molecule has 7 rings (SSSR count). The number of aromatic nitrogens is 4. The van der Waals surface area contributed by atoms with E-state index >= 15 is 0 Å². The molecule has 2 heterocycles. The van der Waals surface area contributed by atoms with Gasteiger partial charge >= 0.3 is 0 Å². The molecule has 0 aliphatic rings. The largest absolute Gasteiger partial charge is 0.323 e. The second-order valence-corrected chi connectivity index (χ2v) is 9.87. The van der Waals surface area contributed by atoms with Crippen LogP contribution in [0.3, 0.4) is 0 Å². The highest BCUT2D eigenvalue weighted by Crippen LogP contribution is 2.33. The van der Waals surface area contributed by atoms with E-state index in [2.05, 4.69) is 10.8 Å². The lowest BCUT2D eigenvalue weighted by molar-refractivity contribution is -0.384. The molecule has 0 saturated carbocycles. The van der Waals surface area contributed by atoms with Crippen LogP contribution in [0.4, 0.5) is 5.69 Å². The summed E-state index contributed by atoms with van der Waals surface area (Å²) in [5.41, 5.74) is 5.21. The van der Waals surface area contributed by atoms with Gasteiger partial charge in [-0.1, -0.05) is 84.9 Å². The lowest BCUT2D eigenvalue weighted by Crippen LogP contribution is -2.00. The van der Waals surface area contributed by atoms with Gasteiger partial charge in [0.2, 0.25) is 0 Å². The van der Waals surface area contributed by atoms with Crippen molar-refractivity contribution in [3.05, 3.63) is 150 Å². The number of nitrogens with zero attached hydrogens (tertiary/aromatic N) is 5. The molecule has 0 atom stereocenters. The molecule has 7 nitrogen and oxygen atoms in total. The molecule has 0 radical (unpaired) electrons. The Morgan fingerprint density at radius 3 is 1.62 bits per heavy atom. The van der Waals surface area contributed by atoms with Crippen molar-refractivity contribution in [3.8, 4) is 51.0 Å². The van der Waals surface area contributed by atoms with Gasteiger partial charge in [0.25, 0.3) is 5.69 Å². The average molecular weight is 546 g/mol. The Bertz CT molecular complexity index is 2000. The summed E-state index contributed by atoms with van der Waals surface area (Å²) in [5.74, 6) is 1.84. The molecule has 0 N–H and O–H groups in total. The van der Waals surface area contributed by atoms with Crippen LogP contribution >= 0.6 is 0 Å². The molecule has 0 bridgehead atoms. The molecule has 0 aliphatic heterocycles. The van der Waals surface area contributed by atoms with Crippen LogP contribution in [0.15, 0.2) is 140 Å². The minimum atomic E-state index is -0.343. The zero-order valence-corrected chi connectivity index (χ0v) is 22.3. The summed E-state index contributed by atoms with van der Waals surface area (Å²) in [5, 5.41) is 13.6. The van der Waals surface area contributed by atoms with Gasteiger partial charge in [0.15, 0.2) is 17.5 Å². The quantitative estimate of drug-likeness (QED) is 0.155. The van der Waals surface area contributed by atoms with Gasteiger partial charge in [0.05, 0.1) is 10.5 Å². The van der Waals surface area contributed by atoms with E-state index in [9.17, 15) is 10.1 Å². The zero-order chi connectivity index (χ0) is 28.5. The van der Waals surface area contributed by atoms with Crippen LogP contribution in [-0.2, 0) is 0 Å². The Kier molecular flexibility index (Phi) is 6.29. The molecule has 7 heteroatoms. The molecule has 0 aliphatic carbocycles. The number of benzene rings is 5. The smallest absolute Gasteiger partial charge is 0.277 e. The Balaban J connectivity index is 1.24. The van der Waals surface area contributed by atoms with Crippen molar-refractivity contribution < 1.29 is 4.92 Å². The van der Waals surface area contributed by atoms with E-state index in [0.29, 0.717) is 23.0 Å². The first-order valence-electron chi connectivity index (χ1n) is 13.5. The van der Waals surface area contributed by atoms with Crippen molar-refractivity contribution in [2.75, 3.05) is 0 Å². The van der Waals surface area contributed by atoms with Crippen LogP contribution in [-0.4, -0.2) is 24.4 Å². The van der Waals surface area contributed by atoms with E-state index in [1.54, 1.807) is 12.1 Å². The van der Waals surface area contributed by atoms with Crippen LogP contribution in [0, 0.1) is 10.1 Å². The van der Waals surface area contributed by atoms with Gasteiger partial charge in [-0.15, -0.1) is 0 Å². The third-order valence-electron chi connectivity index (χ3n) is 7.18. The summed E-state index contributed by atoms with van der Waals surface area (Å²) in [4.78, 5) is 25.6. The number of nitro groups is 1. The standard InChI is InChI=1S/C35H23N5O2/c41-40(42)32-14-8-7-13-31(32)27-15-16-28-22-39(23-29(28)21-27)30-19-17-26(18-20-30)35-37-33(24-9-3-1-4-10-24)36-34(38-35)25-11-5-2-6-12-25/h1-23H. The van der Waals surface area contributed by atoms with Crippen LogP contribution < -0.4 is 0 Å². The fourth-order valence-corrected chi connectivity index (χ4v) is 5.05. The number of hydrogen-bond donors (Lipinski definition) is 0. The Hall–Kier alpha value is -5.95. The van der Waals surface area contributed by atoms with Gasteiger partial charge in [0.1, 0.15) is 0 Å². The Morgan fingerprint density at radius 1 is 0.524 bits per heavy atom. The number of fused-ring (bicyclic) bond motifs is 1. The van der Waals surface area contributed by atoms with Crippen molar-refractivity contribution in [2.24, 2.45) is 0 Å². The third kappa shape index (κ3) is 4.80. The summed E-state index contributed by atoms with van der Waals surface area (Å²) in [6, 6.07) is 40.6. The number of hydrogen-bond acceptors (Lipinski definition) is 5. The molecule has 0 spiro atoms. The van der Waals surface area contributed by atoms with E-state index < -0.39 is 0 Å². The first kappa shape index (κ1) is 25.0. The topological polar surface area (TPSA) is 86.7 Å². The SMILES string of the molecule is O=[N+]([O-])c1ccccc1-c1ccc2cn(-c3ccc(-c4nc(-c5ccccc5)nc(-c5ccccc5)n4)cc3)cc2c1. The molecule has 7 aromatic rings. The van der Waals surface area contributed by atoms with Crippen molar-refractivity contribution in [1.82, 2.24) is 19.5 Å². The molecule has 5 aromatic carbocycles. The lowest BCUT2D eigenvalue weighted by Gasteiger charge is -2.09. The lowest BCUT2D eigenvalue weighted by atomic mass is 10.0. The van der Waals surface area contributed by atoms with Crippen molar-refractivity contribution in [1.29, 1.82) is 0 Å². The summed E-state index contributed by atoms with van der Waals surface area (Å²) in [7, 11) is 0. The summed E-state index contributed by atoms with van der Waals surface area (Å²) in [6.07, 6.45) is 4.09. The van der Waals surface area contributed by atoms with Gasteiger partial charge < -0.3 is 4.57 Å². The molecular weight excluding hydrogens is 522 g/mol. The fraction of sp³-hybridized carbons (Fsp3) is 0. The highest BCUT2D eigenvalue weighted by atomic mass is 16.6. The normalized spacial score (nSPS) is 11.0. The molecule has 0 unspecified atom stereocenters. The van der Waals surface area contributed by atoms with Crippen molar-refractivity contribution in [2.45, 2.75) is 0 Å². The van der Waals surface area contributed by atoms with Crippen molar-refractivity contribution in [3.63, 3.8) is 0 Å². The number of rotatable bonds is 6. The minimum Gasteiger partial charge on any atom is -0.323 e. The first-order valence-corrected chi connectivity index (χ1v) is 13.5. The number of nitro benzene ring substituents is 1. The van der Waals surface area contributed by atoms with E-state index in [-0.39, 0.29) is 10.6 Å².